The minimum Gasteiger partial charge on any atom is -0.493 e. The highest BCUT2D eigenvalue weighted by Gasteiger charge is 2.58. The van der Waals surface area contributed by atoms with E-state index in [1.807, 2.05) is 0 Å². The SMILES string of the molecule is COC(=O)[C@H](C)NC(=O)c1cc(C2CC2)c(OCC23CC4CC(CC2C4)C3)cc1F. The van der Waals surface area contributed by atoms with Gasteiger partial charge >= 0.3 is 5.97 Å². The number of carbonyl (C=O) groups excluding carboxylic acids is 2. The van der Waals surface area contributed by atoms with Crippen LogP contribution in [-0.4, -0.2) is 31.6 Å². The van der Waals surface area contributed by atoms with Crippen LogP contribution in [0.1, 0.15) is 73.7 Å². The Morgan fingerprint density at radius 3 is 2.53 bits per heavy atom. The molecular weight excluding hydrogens is 385 g/mol. The number of benzene rings is 1. The molecule has 0 heterocycles. The molecular formula is C24H30FNO4. The predicted octanol–water partition coefficient (Wildman–Crippen LogP) is 4.20. The van der Waals surface area contributed by atoms with E-state index in [4.69, 9.17) is 4.74 Å². The Hall–Kier alpha value is -2.11. The third-order valence-electron chi connectivity index (χ3n) is 7.94. The van der Waals surface area contributed by atoms with Gasteiger partial charge in [0.15, 0.2) is 0 Å². The zero-order valence-corrected chi connectivity index (χ0v) is 17.7. The van der Waals surface area contributed by atoms with Crippen LogP contribution in [0, 0.1) is 29.0 Å². The normalized spacial score (nSPS) is 32.2. The molecule has 0 aliphatic heterocycles. The second-order valence-corrected chi connectivity index (χ2v) is 10.1. The smallest absolute Gasteiger partial charge is 0.328 e. The maximum atomic E-state index is 14.9. The lowest BCUT2D eigenvalue weighted by atomic mass is 9.76. The Morgan fingerprint density at radius 2 is 1.90 bits per heavy atom. The van der Waals surface area contributed by atoms with Crippen molar-refractivity contribution in [2.75, 3.05) is 13.7 Å². The van der Waals surface area contributed by atoms with E-state index in [1.54, 1.807) is 6.07 Å². The summed E-state index contributed by atoms with van der Waals surface area (Å²) in [6.07, 6.45) is 8.61. The summed E-state index contributed by atoms with van der Waals surface area (Å²) in [6.45, 7) is 2.18. The van der Waals surface area contributed by atoms with Crippen molar-refractivity contribution in [1.29, 1.82) is 0 Å². The fourth-order valence-corrected chi connectivity index (χ4v) is 6.52. The molecule has 30 heavy (non-hydrogen) atoms. The number of methoxy groups -OCH3 is 1. The van der Waals surface area contributed by atoms with Crippen molar-refractivity contribution in [3.63, 3.8) is 0 Å². The van der Waals surface area contributed by atoms with E-state index in [1.165, 1.54) is 52.2 Å². The van der Waals surface area contributed by atoms with Gasteiger partial charge in [0.1, 0.15) is 17.6 Å². The number of hydrogen-bond donors (Lipinski definition) is 1. The first kappa shape index (κ1) is 19.8. The van der Waals surface area contributed by atoms with Gasteiger partial charge in [-0.3, -0.25) is 4.79 Å². The van der Waals surface area contributed by atoms with Crippen molar-refractivity contribution in [3.8, 4) is 5.75 Å². The number of carbonyl (C=O) groups is 2. The Bertz CT molecular complexity index is 866. The number of ether oxygens (including phenoxy) is 2. The highest BCUT2D eigenvalue weighted by Crippen LogP contribution is 2.65. The summed E-state index contributed by atoms with van der Waals surface area (Å²) in [5.74, 6) is 1.60. The van der Waals surface area contributed by atoms with Crippen LogP contribution in [-0.2, 0) is 9.53 Å². The quantitative estimate of drug-likeness (QED) is 0.678. The molecule has 6 rings (SSSR count). The summed E-state index contributed by atoms with van der Waals surface area (Å²) >= 11 is 0. The molecule has 6 heteroatoms. The third-order valence-corrected chi connectivity index (χ3v) is 7.94. The van der Waals surface area contributed by atoms with E-state index in [9.17, 15) is 14.0 Å². The topological polar surface area (TPSA) is 64.6 Å². The minimum absolute atomic E-state index is 0.0426. The summed E-state index contributed by atoms with van der Waals surface area (Å²) in [5, 5.41) is 2.52. The first-order valence-corrected chi connectivity index (χ1v) is 11.2. The maximum Gasteiger partial charge on any atom is 0.328 e. The van der Waals surface area contributed by atoms with Crippen LogP contribution < -0.4 is 10.1 Å². The highest BCUT2D eigenvalue weighted by atomic mass is 19.1. The van der Waals surface area contributed by atoms with Gasteiger partial charge < -0.3 is 14.8 Å². The Morgan fingerprint density at radius 1 is 1.20 bits per heavy atom. The van der Waals surface area contributed by atoms with Gasteiger partial charge in [0.25, 0.3) is 5.91 Å². The molecule has 0 radical (unpaired) electrons. The van der Waals surface area contributed by atoms with Crippen molar-refractivity contribution in [3.05, 3.63) is 29.1 Å². The fraction of sp³-hybridized carbons (Fsp3) is 0.667. The summed E-state index contributed by atoms with van der Waals surface area (Å²) in [7, 11) is 1.26. The molecule has 0 saturated heterocycles. The molecule has 3 atom stereocenters. The molecule has 162 valence electrons. The van der Waals surface area contributed by atoms with Gasteiger partial charge in [0.05, 0.1) is 19.3 Å². The third kappa shape index (κ3) is 3.38. The molecule has 5 aliphatic rings. The van der Waals surface area contributed by atoms with Crippen LogP contribution >= 0.6 is 0 Å². The Balaban J connectivity index is 1.34. The molecule has 1 aromatic rings. The Labute approximate surface area is 176 Å². The molecule has 1 N–H and O–H groups in total. The van der Waals surface area contributed by atoms with Crippen molar-refractivity contribution in [1.82, 2.24) is 5.32 Å². The van der Waals surface area contributed by atoms with Crippen molar-refractivity contribution >= 4 is 11.9 Å². The summed E-state index contributed by atoms with van der Waals surface area (Å²) in [5.41, 5.74) is 1.15. The molecule has 1 amide bonds. The van der Waals surface area contributed by atoms with Gasteiger partial charge in [-0.1, -0.05) is 0 Å². The lowest BCUT2D eigenvalue weighted by Gasteiger charge is -2.33. The van der Waals surface area contributed by atoms with Crippen LogP contribution in [0.25, 0.3) is 0 Å². The molecule has 5 fully saturated rings. The standard InChI is InChI=1S/C24H30FNO4/c1-13(23(28)29-2)26-22(27)19-8-18(16-3-4-16)21(9-20(19)25)30-12-24-10-14-5-15(11-24)7-17(24)6-14/h8-9,13-17H,3-7,10-12H2,1-2H3,(H,26,27)/t13-,14?,15?,17?,24?/m0/s1. The number of nitrogens with one attached hydrogen (secondary N) is 1. The summed E-state index contributed by atoms with van der Waals surface area (Å²) < 4.78 is 25.8. The minimum atomic E-state index is -0.839. The monoisotopic (exact) mass is 415 g/mol. The van der Waals surface area contributed by atoms with Gasteiger partial charge in [-0.2, -0.15) is 0 Å². The average Bonchev–Trinajstić information content (AvgIpc) is 3.48. The van der Waals surface area contributed by atoms with Crippen molar-refractivity contribution < 1.29 is 23.5 Å². The second-order valence-electron chi connectivity index (χ2n) is 10.1. The summed E-state index contributed by atoms with van der Waals surface area (Å²) in [6, 6.07) is 2.16. The largest absolute Gasteiger partial charge is 0.493 e. The zero-order chi connectivity index (χ0) is 21.0. The highest BCUT2D eigenvalue weighted by molar-refractivity contribution is 5.97. The van der Waals surface area contributed by atoms with Crippen LogP contribution in [0.4, 0.5) is 4.39 Å². The number of rotatable bonds is 7. The van der Waals surface area contributed by atoms with E-state index in [2.05, 4.69) is 10.1 Å². The van der Waals surface area contributed by atoms with Gasteiger partial charge in [-0.25, -0.2) is 9.18 Å². The van der Waals surface area contributed by atoms with Gasteiger partial charge in [0, 0.05) is 11.5 Å². The number of esters is 1. The first-order chi connectivity index (χ1) is 14.4. The lowest BCUT2D eigenvalue weighted by molar-refractivity contribution is -0.142. The van der Waals surface area contributed by atoms with E-state index in [-0.39, 0.29) is 11.0 Å². The number of amides is 1. The predicted molar refractivity (Wildman–Crippen MR) is 109 cm³/mol. The molecule has 0 spiro atoms. The van der Waals surface area contributed by atoms with E-state index in [0.717, 1.165) is 36.2 Å². The second kappa shape index (κ2) is 7.24. The zero-order valence-electron chi connectivity index (χ0n) is 17.7. The van der Waals surface area contributed by atoms with Crippen LogP contribution in [0.15, 0.2) is 12.1 Å². The molecule has 5 saturated carbocycles. The number of hydrogen-bond acceptors (Lipinski definition) is 4. The maximum absolute atomic E-state index is 14.9. The lowest BCUT2D eigenvalue weighted by Crippen LogP contribution is -2.39. The van der Waals surface area contributed by atoms with E-state index in [0.29, 0.717) is 18.3 Å². The van der Waals surface area contributed by atoms with Crippen LogP contribution in [0.5, 0.6) is 5.75 Å². The molecule has 4 bridgehead atoms. The molecule has 0 aromatic heterocycles. The fourth-order valence-electron chi connectivity index (χ4n) is 6.52. The first-order valence-electron chi connectivity index (χ1n) is 11.2. The molecule has 5 nitrogen and oxygen atoms in total. The van der Waals surface area contributed by atoms with Gasteiger partial charge in [-0.15, -0.1) is 0 Å². The van der Waals surface area contributed by atoms with E-state index >= 15 is 0 Å². The van der Waals surface area contributed by atoms with Gasteiger partial charge in [-0.05, 0) is 87.2 Å². The molecule has 1 aromatic carbocycles. The van der Waals surface area contributed by atoms with Crippen LogP contribution in [0.2, 0.25) is 0 Å². The van der Waals surface area contributed by atoms with Crippen molar-refractivity contribution in [2.24, 2.45) is 23.2 Å². The number of halogens is 1. The molecule has 2 unspecified atom stereocenters. The molecule has 5 aliphatic carbocycles. The van der Waals surface area contributed by atoms with E-state index < -0.39 is 23.7 Å². The van der Waals surface area contributed by atoms with Gasteiger partial charge in [0.2, 0.25) is 0 Å². The van der Waals surface area contributed by atoms with Crippen molar-refractivity contribution in [2.45, 2.75) is 63.8 Å². The average molecular weight is 416 g/mol. The summed E-state index contributed by atoms with van der Waals surface area (Å²) in [4.78, 5) is 24.1. The van der Waals surface area contributed by atoms with Crippen LogP contribution in [0.3, 0.4) is 0 Å². The Kier molecular flexibility index (Phi) is 4.79.